The summed E-state index contributed by atoms with van der Waals surface area (Å²) in [5.41, 5.74) is 4.76. The van der Waals surface area contributed by atoms with Gasteiger partial charge in [0.25, 0.3) is 0 Å². The van der Waals surface area contributed by atoms with Gasteiger partial charge in [-0.25, -0.2) is 9.37 Å². The van der Waals surface area contributed by atoms with Gasteiger partial charge >= 0.3 is 5.97 Å². The van der Waals surface area contributed by atoms with E-state index >= 15 is 4.39 Å². The maximum atomic E-state index is 15.9. The highest BCUT2D eigenvalue weighted by Crippen LogP contribution is 2.46. The van der Waals surface area contributed by atoms with Crippen molar-refractivity contribution in [2.24, 2.45) is 5.92 Å². The molecule has 2 aliphatic rings. The molecule has 2 N–H and O–H groups in total. The number of aryl methyl sites for hydroxylation is 1. The van der Waals surface area contributed by atoms with Gasteiger partial charge in [0.1, 0.15) is 17.7 Å². The lowest BCUT2D eigenvalue weighted by Crippen LogP contribution is -2.33. The molecule has 0 bridgehead atoms. The monoisotopic (exact) mass is 562 g/mol. The molecule has 41 heavy (non-hydrogen) atoms. The van der Waals surface area contributed by atoms with E-state index in [1.54, 1.807) is 31.5 Å². The molecule has 0 spiro atoms. The Labute approximate surface area is 240 Å². The van der Waals surface area contributed by atoms with Crippen molar-refractivity contribution in [3.63, 3.8) is 0 Å². The zero-order chi connectivity index (χ0) is 29.3. The molecule has 5 rings (SSSR count). The number of hydrogen-bond donors (Lipinski definition) is 2. The summed E-state index contributed by atoms with van der Waals surface area (Å²) >= 11 is 0. The van der Waals surface area contributed by atoms with Crippen LogP contribution in [0.5, 0.6) is 11.6 Å². The third kappa shape index (κ3) is 5.95. The van der Waals surface area contributed by atoms with Crippen LogP contribution in [0.1, 0.15) is 80.4 Å². The largest absolute Gasteiger partial charge is 0.485 e. The van der Waals surface area contributed by atoms with Gasteiger partial charge in [0.15, 0.2) is 0 Å². The quantitative estimate of drug-likeness (QED) is 0.276. The van der Waals surface area contributed by atoms with Crippen molar-refractivity contribution in [3.05, 3.63) is 76.7 Å². The maximum Gasteiger partial charge on any atom is 0.309 e. The summed E-state index contributed by atoms with van der Waals surface area (Å²) in [6.45, 7) is 4.35. The summed E-state index contributed by atoms with van der Waals surface area (Å²) in [6, 6.07) is 12.5. The van der Waals surface area contributed by atoms with Crippen molar-refractivity contribution in [2.75, 3.05) is 14.2 Å². The van der Waals surface area contributed by atoms with Crippen LogP contribution in [0.25, 0.3) is 11.1 Å². The molecule has 2 aromatic carbocycles. The molecule has 1 aromatic heterocycles. The second-order valence-electron chi connectivity index (χ2n) is 11.5. The van der Waals surface area contributed by atoms with Crippen LogP contribution in [0.3, 0.4) is 0 Å². The fraction of sp³-hybridized carbons (Fsp3) is 0.455. The van der Waals surface area contributed by atoms with E-state index < -0.39 is 24.1 Å². The number of aromatic nitrogens is 1. The SMILES string of the molecule is CCCC1(N(C)Cc2cc(C3CCc4ccc([C@H](O)C(C)C(=O)O)cc4O3)c(F)cc2-c2ccnc(OC)c2)CC1. The summed E-state index contributed by atoms with van der Waals surface area (Å²) in [4.78, 5) is 18.0. The van der Waals surface area contributed by atoms with Crippen molar-refractivity contribution >= 4 is 5.97 Å². The smallest absolute Gasteiger partial charge is 0.309 e. The fourth-order valence-electron chi connectivity index (χ4n) is 6.04. The first-order valence-corrected chi connectivity index (χ1v) is 14.4. The molecule has 8 heteroatoms. The van der Waals surface area contributed by atoms with Crippen LogP contribution >= 0.6 is 0 Å². The summed E-state index contributed by atoms with van der Waals surface area (Å²) in [7, 11) is 3.72. The minimum atomic E-state index is -1.17. The van der Waals surface area contributed by atoms with E-state index in [0.29, 0.717) is 42.1 Å². The Morgan fingerprint density at radius 3 is 2.71 bits per heavy atom. The lowest BCUT2D eigenvalue weighted by atomic mass is 9.90. The number of carboxylic acids is 1. The number of ether oxygens (including phenoxy) is 2. The molecule has 3 atom stereocenters. The van der Waals surface area contributed by atoms with E-state index in [1.165, 1.54) is 19.8 Å². The number of halogens is 1. The summed E-state index contributed by atoms with van der Waals surface area (Å²) in [5.74, 6) is -1.37. The molecular weight excluding hydrogens is 523 g/mol. The van der Waals surface area contributed by atoms with Gasteiger partial charge in [-0.15, -0.1) is 0 Å². The van der Waals surface area contributed by atoms with Crippen LogP contribution in [0.4, 0.5) is 4.39 Å². The van der Waals surface area contributed by atoms with Crippen molar-refractivity contribution in [1.29, 1.82) is 0 Å². The van der Waals surface area contributed by atoms with Crippen molar-refractivity contribution in [2.45, 2.75) is 76.7 Å². The Hall–Kier alpha value is -3.49. The van der Waals surface area contributed by atoms with Crippen LogP contribution in [0.15, 0.2) is 48.7 Å². The highest BCUT2D eigenvalue weighted by Gasteiger charge is 2.45. The zero-order valence-corrected chi connectivity index (χ0v) is 24.2. The molecule has 2 unspecified atom stereocenters. The number of fused-ring (bicyclic) bond motifs is 1. The number of hydrogen-bond acceptors (Lipinski definition) is 6. The standard InChI is InChI=1S/C33H39FN2O5/c1-5-11-33(12-13-33)36(3)19-24-15-26(27(34)18-25(24)22-10-14-35-30(17-22)40-4)28-9-8-21-6-7-23(16-29(21)41-28)31(37)20(2)32(38)39/h6-7,10,14-18,20,28,31,37H,5,8-9,11-13,19H2,1-4H3,(H,38,39)/t20?,28?,31-/m1/s1. The van der Waals surface area contributed by atoms with Gasteiger partial charge in [-0.3, -0.25) is 9.69 Å². The normalized spacial score (nSPS) is 18.8. The average Bonchev–Trinajstić information content (AvgIpc) is 3.77. The maximum absolute atomic E-state index is 15.9. The van der Waals surface area contributed by atoms with Crippen LogP contribution in [-0.2, 0) is 17.8 Å². The van der Waals surface area contributed by atoms with E-state index in [2.05, 4.69) is 23.9 Å². The van der Waals surface area contributed by atoms with E-state index in [9.17, 15) is 15.0 Å². The molecule has 0 saturated heterocycles. The van der Waals surface area contributed by atoms with Gasteiger partial charge < -0.3 is 19.7 Å². The Morgan fingerprint density at radius 2 is 2.02 bits per heavy atom. The fourth-order valence-corrected chi connectivity index (χ4v) is 6.04. The Balaban J connectivity index is 1.49. The molecule has 2 heterocycles. The molecule has 7 nitrogen and oxygen atoms in total. The van der Waals surface area contributed by atoms with Gasteiger partial charge in [-0.1, -0.05) is 25.5 Å². The number of rotatable bonds is 11. The number of pyridine rings is 1. The average molecular weight is 563 g/mol. The van der Waals surface area contributed by atoms with Gasteiger partial charge in [-0.05, 0) is 98.2 Å². The number of benzene rings is 2. The summed E-state index contributed by atoms with van der Waals surface area (Å²) in [5, 5.41) is 19.9. The molecule has 0 radical (unpaired) electrons. The molecule has 3 aromatic rings. The molecule has 0 amide bonds. The predicted octanol–water partition coefficient (Wildman–Crippen LogP) is 6.48. The van der Waals surface area contributed by atoms with Crippen molar-refractivity contribution < 1.29 is 28.9 Å². The van der Waals surface area contributed by atoms with E-state index in [4.69, 9.17) is 9.47 Å². The Bertz CT molecular complexity index is 1420. The minimum Gasteiger partial charge on any atom is -0.485 e. The number of nitrogens with zero attached hydrogens (tertiary/aromatic N) is 2. The zero-order valence-electron chi connectivity index (χ0n) is 24.2. The highest BCUT2D eigenvalue weighted by molar-refractivity contribution is 5.71. The van der Waals surface area contributed by atoms with Crippen LogP contribution < -0.4 is 9.47 Å². The highest BCUT2D eigenvalue weighted by atomic mass is 19.1. The summed E-state index contributed by atoms with van der Waals surface area (Å²) in [6.07, 6.45) is 5.86. The second kappa shape index (κ2) is 11.8. The van der Waals surface area contributed by atoms with E-state index in [-0.39, 0.29) is 11.4 Å². The van der Waals surface area contributed by atoms with Gasteiger partial charge in [0.2, 0.25) is 5.88 Å². The van der Waals surface area contributed by atoms with Crippen molar-refractivity contribution in [3.8, 4) is 22.8 Å². The number of methoxy groups -OCH3 is 1. The first-order valence-electron chi connectivity index (χ1n) is 14.4. The summed E-state index contributed by atoms with van der Waals surface area (Å²) < 4.78 is 27.6. The minimum absolute atomic E-state index is 0.196. The topological polar surface area (TPSA) is 92.1 Å². The lowest BCUT2D eigenvalue weighted by molar-refractivity contribution is -0.145. The third-order valence-corrected chi connectivity index (χ3v) is 8.83. The molecular formula is C33H39FN2O5. The molecule has 1 aliphatic carbocycles. The second-order valence-corrected chi connectivity index (χ2v) is 11.5. The number of aliphatic carboxylic acids is 1. The van der Waals surface area contributed by atoms with Gasteiger partial charge in [0, 0.05) is 29.9 Å². The third-order valence-electron chi connectivity index (χ3n) is 8.83. The molecule has 1 aliphatic heterocycles. The molecule has 1 fully saturated rings. The van der Waals surface area contributed by atoms with E-state index in [0.717, 1.165) is 35.1 Å². The number of aliphatic hydroxyl groups excluding tert-OH is 1. The first-order chi connectivity index (χ1) is 19.7. The Kier molecular flexibility index (Phi) is 8.34. The lowest BCUT2D eigenvalue weighted by Gasteiger charge is -2.31. The Morgan fingerprint density at radius 1 is 1.24 bits per heavy atom. The molecule has 1 saturated carbocycles. The number of aliphatic hydroxyl groups is 1. The van der Waals surface area contributed by atoms with Crippen LogP contribution in [-0.4, -0.2) is 45.8 Å². The predicted molar refractivity (Wildman–Crippen MR) is 154 cm³/mol. The van der Waals surface area contributed by atoms with Gasteiger partial charge in [0.05, 0.1) is 19.1 Å². The number of carbonyl (C=O) groups is 1. The van der Waals surface area contributed by atoms with Gasteiger partial charge in [-0.2, -0.15) is 0 Å². The first kappa shape index (κ1) is 29.0. The van der Waals surface area contributed by atoms with E-state index in [1.807, 2.05) is 24.3 Å². The van der Waals surface area contributed by atoms with Crippen LogP contribution in [0, 0.1) is 11.7 Å². The van der Waals surface area contributed by atoms with Crippen molar-refractivity contribution in [1.82, 2.24) is 9.88 Å². The van der Waals surface area contributed by atoms with Crippen LogP contribution in [0.2, 0.25) is 0 Å². The molecule has 218 valence electrons. The number of carboxylic acid groups (broad SMARTS) is 1.